The van der Waals surface area contributed by atoms with Gasteiger partial charge in [0.05, 0.1) is 6.61 Å². The molecule has 3 heteroatoms. The largest absolute Gasteiger partial charge is 0.380 e. The molecule has 1 atom stereocenters. The maximum Gasteiger partial charge on any atom is 0.129 e. The fourth-order valence-electron chi connectivity index (χ4n) is 3.79. The summed E-state index contributed by atoms with van der Waals surface area (Å²) >= 11 is 0. The first-order valence-electron chi connectivity index (χ1n) is 9.03. The third-order valence-electron chi connectivity index (χ3n) is 5.36. The Hall–Kier alpha value is -1.74. The SMILES string of the molecule is CC(C)c1ccc(C2(c3cc(F)c(C(C)C)c(F)c3)CCOC2)cc1. The lowest BCUT2D eigenvalue weighted by molar-refractivity contribution is 0.184. The van der Waals surface area contributed by atoms with Crippen molar-refractivity contribution in [2.45, 2.75) is 51.4 Å². The molecule has 25 heavy (non-hydrogen) atoms. The van der Waals surface area contributed by atoms with Crippen LogP contribution in [-0.2, 0) is 10.2 Å². The molecule has 0 radical (unpaired) electrons. The monoisotopic (exact) mass is 344 g/mol. The van der Waals surface area contributed by atoms with E-state index >= 15 is 0 Å². The van der Waals surface area contributed by atoms with Crippen molar-refractivity contribution in [2.75, 3.05) is 13.2 Å². The van der Waals surface area contributed by atoms with E-state index in [0.717, 1.165) is 12.0 Å². The minimum Gasteiger partial charge on any atom is -0.380 e. The summed E-state index contributed by atoms with van der Waals surface area (Å²) in [6, 6.07) is 11.4. The molecule has 0 spiro atoms. The second-order valence-corrected chi connectivity index (χ2v) is 7.67. The zero-order valence-corrected chi connectivity index (χ0v) is 15.4. The molecule has 2 aromatic rings. The molecular formula is C22H26F2O. The van der Waals surface area contributed by atoms with Gasteiger partial charge in [0.25, 0.3) is 0 Å². The van der Waals surface area contributed by atoms with Crippen LogP contribution in [0.1, 0.15) is 68.2 Å². The Morgan fingerprint density at radius 3 is 1.92 bits per heavy atom. The molecule has 1 aliphatic heterocycles. The third kappa shape index (κ3) is 3.22. The van der Waals surface area contributed by atoms with Crippen LogP contribution < -0.4 is 0 Å². The standard InChI is InChI=1S/C22H26F2O/c1-14(2)16-5-7-17(8-6-16)22(9-10-25-13-22)18-11-19(23)21(15(3)4)20(24)12-18/h5-8,11-12,14-15H,9-10,13H2,1-4H3. The molecule has 1 aliphatic rings. The predicted molar refractivity (Wildman–Crippen MR) is 97.2 cm³/mol. The Bertz CT molecular complexity index is 718. The van der Waals surface area contributed by atoms with Gasteiger partial charge in [0.15, 0.2) is 0 Å². The van der Waals surface area contributed by atoms with Crippen LogP contribution in [0.5, 0.6) is 0 Å². The van der Waals surface area contributed by atoms with Gasteiger partial charge in [-0.3, -0.25) is 0 Å². The molecule has 0 bridgehead atoms. The molecule has 0 N–H and O–H groups in total. The quantitative estimate of drug-likeness (QED) is 0.669. The van der Waals surface area contributed by atoms with Crippen molar-refractivity contribution < 1.29 is 13.5 Å². The molecule has 3 rings (SSSR count). The number of hydrogen-bond acceptors (Lipinski definition) is 1. The van der Waals surface area contributed by atoms with E-state index < -0.39 is 17.0 Å². The summed E-state index contributed by atoms with van der Waals surface area (Å²) in [5.74, 6) is -0.662. The molecule has 1 saturated heterocycles. The Morgan fingerprint density at radius 1 is 0.880 bits per heavy atom. The first kappa shape index (κ1) is 18.1. The average Bonchev–Trinajstić information content (AvgIpc) is 3.04. The maximum absolute atomic E-state index is 14.6. The van der Waals surface area contributed by atoms with Crippen LogP contribution in [0.25, 0.3) is 0 Å². The summed E-state index contributed by atoms with van der Waals surface area (Å²) in [6.07, 6.45) is 0.730. The minimum absolute atomic E-state index is 0.160. The number of halogens is 2. The molecule has 0 saturated carbocycles. The van der Waals surface area contributed by atoms with Gasteiger partial charge in [-0.2, -0.15) is 0 Å². The van der Waals surface area contributed by atoms with Gasteiger partial charge >= 0.3 is 0 Å². The average molecular weight is 344 g/mol. The zero-order chi connectivity index (χ0) is 18.2. The van der Waals surface area contributed by atoms with Gasteiger partial charge < -0.3 is 4.74 Å². The lowest BCUT2D eigenvalue weighted by atomic mass is 9.73. The van der Waals surface area contributed by atoms with Crippen LogP contribution in [0, 0.1) is 11.6 Å². The number of ether oxygens (including phenoxy) is 1. The van der Waals surface area contributed by atoms with Crippen molar-refractivity contribution in [3.63, 3.8) is 0 Å². The highest BCUT2D eigenvalue weighted by molar-refractivity contribution is 5.44. The third-order valence-corrected chi connectivity index (χ3v) is 5.36. The summed E-state index contributed by atoms with van der Waals surface area (Å²) in [5, 5.41) is 0. The Labute approximate surface area is 149 Å². The Kier molecular flexibility index (Phi) is 4.97. The van der Waals surface area contributed by atoms with Crippen molar-refractivity contribution in [3.8, 4) is 0 Å². The molecule has 0 aliphatic carbocycles. The van der Waals surface area contributed by atoms with Crippen molar-refractivity contribution in [1.82, 2.24) is 0 Å². The molecule has 2 aromatic carbocycles. The summed E-state index contributed by atoms with van der Waals surface area (Å²) in [7, 11) is 0. The van der Waals surface area contributed by atoms with Crippen LogP contribution >= 0.6 is 0 Å². The van der Waals surface area contributed by atoms with Crippen molar-refractivity contribution in [2.24, 2.45) is 0 Å². The van der Waals surface area contributed by atoms with Gasteiger partial charge in [0.2, 0.25) is 0 Å². The highest BCUT2D eigenvalue weighted by Crippen LogP contribution is 2.41. The van der Waals surface area contributed by atoms with Crippen molar-refractivity contribution in [1.29, 1.82) is 0 Å². The van der Waals surface area contributed by atoms with Gasteiger partial charge in [-0.1, -0.05) is 52.0 Å². The van der Waals surface area contributed by atoms with Gasteiger partial charge in [-0.05, 0) is 47.1 Å². The summed E-state index contributed by atoms with van der Waals surface area (Å²) in [6.45, 7) is 8.97. The molecule has 1 fully saturated rings. The minimum atomic E-state index is -0.479. The highest BCUT2D eigenvalue weighted by atomic mass is 19.1. The predicted octanol–water partition coefficient (Wildman–Crippen LogP) is 5.92. The second-order valence-electron chi connectivity index (χ2n) is 7.67. The number of hydrogen-bond donors (Lipinski definition) is 0. The smallest absolute Gasteiger partial charge is 0.129 e. The van der Waals surface area contributed by atoms with E-state index in [1.165, 1.54) is 17.7 Å². The van der Waals surface area contributed by atoms with E-state index in [1.54, 1.807) is 13.8 Å². The fourth-order valence-corrected chi connectivity index (χ4v) is 3.79. The zero-order valence-electron chi connectivity index (χ0n) is 15.4. The van der Waals surface area contributed by atoms with Gasteiger partial charge in [0.1, 0.15) is 11.6 Å². The fraction of sp³-hybridized carbons (Fsp3) is 0.455. The maximum atomic E-state index is 14.6. The van der Waals surface area contributed by atoms with Crippen molar-refractivity contribution in [3.05, 3.63) is 70.3 Å². The first-order chi connectivity index (χ1) is 11.8. The second kappa shape index (κ2) is 6.87. The van der Waals surface area contributed by atoms with Gasteiger partial charge in [0, 0.05) is 17.6 Å². The lowest BCUT2D eigenvalue weighted by Gasteiger charge is -2.30. The van der Waals surface area contributed by atoms with E-state index in [0.29, 0.717) is 24.7 Å². The topological polar surface area (TPSA) is 9.23 Å². The molecule has 1 nitrogen and oxygen atoms in total. The van der Waals surface area contributed by atoms with E-state index in [9.17, 15) is 8.78 Å². The lowest BCUT2D eigenvalue weighted by Crippen LogP contribution is -2.28. The van der Waals surface area contributed by atoms with Crippen LogP contribution in [0.4, 0.5) is 8.78 Å². The molecule has 134 valence electrons. The summed E-state index contributed by atoms with van der Waals surface area (Å²) in [5.41, 5.74) is 2.66. The van der Waals surface area contributed by atoms with Crippen LogP contribution in [0.15, 0.2) is 36.4 Å². The Balaban J connectivity index is 2.10. The molecule has 0 amide bonds. The molecular weight excluding hydrogens is 318 g/mol. The van der Waals surface area contributed by atoms with Crippen LogP contribution in [-0.4, -0.2) is 13.2 Å². The van der Waals surface area contributed by atoms with E-state index in [-0.39, 0.29) is 11.5 Å². The summed E-state index contributed by atoms with van der Waals surface area (Å²) < 4.78 is 34.8. The van der Waals surface area contributed by atoms with Gasteiger partial charge in [-0.25, -0.2) is 8.78 Å². The van der Waals surface area contributed by atoms with Crippen LogP contribution in [0.3, 0.4) is 0 Å². The summed E-state index contributed by atoms with van der Waals surface area (Å²) in [4.78, 5) is 0. The van der Waals surface area contributed by atoms with E-state index in [2.05, 4.69) is 38.1 Å². The van der Waals surface area contributed by atoms with Gasteiger partial charge in [-0.15, -0.1) is 0 Å². The normalized spacial score (nSPS) is 20.6. The van der Waals surface area contributed by atoms with E-state index in [4.69, 9.17) is 4.74 Å². The molecule has 1 unspecified atom stereocenters. The Morgan fingerprint density at radius 2 is 1.48 bits per heavy atom. The van der Waals surface area contributed by atoms with Crippen molar-refractivity contribution >= 4 is 0 Å². The molecule has 0 aromatic heterocycles. The first-order valence-corrected chi connectivity index (χ1v) is 9.03. The van der Waals surface area contributed by atoms with E-state index in [1.807, 2.05) is 0 Å². The molecule has 1 heterocycles. The van der Waals surface area contributed by atoms with Crippen LogP contribution in [0.2, 0.25) is 0 Å². The number of benzene rings is 2. The number of rotatable bonds is 4. The highest BCUT2D eigenvalue weighted by Gasteiger charge is 2.39.